The summed E-state index contributed by atoms with van der Waals surface area (Å²) in [5.41, 5.74) is 0. The average molecular weight is 415 g/mol. The first-order valence-corrected chi connectivity index (χ1v) is 11.7. The average Bonchev–Trinajstić information content (AvgIpc) is 2.80. The van der Waals surface area contributed by atoms with Gasteiger partial charge in [0.2, 0.25) is 0 Å². The van der Waals surface area contributed by atoms with Gasteiger partial charge in [-0.3, -0.25) is 0 Å². The van der Waals surface area contributed by atoms with Crippen LogP contribution >= 0.6 is 0 Å². The predicted octanol–water partition coefficient (Wildman–Crippen LogP) is 7.22. The molecule has 0 saturated heterocycles. The predicted molar refractivity (Wildman–Crippen MR) is 135 cm³/mol. The molecule has 0 saturated carbocycles. The van der Waals surface area contributed by atoms with Crippen LogP contribution in [-0.2, 0) is 0 Å². The summed E-state index contributed by atoms with van der Waals surface area (Å²) < 4.78 is 4.65. The minimum Gasteiger partial charge on any atom is -0.202 e. The van der Waals surface area contributed by atoms with Crippen molar-refractivity contribution < 1.29 is 9.13 Å². The number of rotatable bonds is 2. The molecule has 0 N–H and O–H groups in total. The zero-order chi connectivity index (χ0) is 21.7. The summed E-state index contributed by atoms with van der Waals surface area (Å²) in [5, 5.41) is 16.3. The summed E-state index contributed by atoms with van der Waals surface area (Å²) in [6.07, 6.45) is 9.22. The van der Waals surface area contributed by atoms with Gasteiger partial charge in [0.05, 0.1) is 0 Å². The summed E-state index contributed by atoms with van der Waals surface area (Å²) >= 11 is 0. The van der Waals surface area contributed by atoms with Gasteiger partial charge < -0.3 is 0 Å². The largest absolute Gasteiger partial charge is 0.202 e. The van der Waals surface area contributed by atoms with Gasteiger partial charge in [-0.15, -0.1) is 0 Å². The summed E-state index contributed by atoms with van der Waals surface area (Å²) in [6, 6.07) is 19.5. The van der Waals surface area contributed by atoms with Crippen molar-refractivity contribution in [1.29, 1.82) is 0 Å². The molecule has 0 amide bonds. The Morgan fingerprint density at radius 3 is 0.938 bits per heavy atom. The molecular formula is C30H26N2+2. The van der Waals surface area contributed by atoms with Crippen LogP contribution in [0.2, 0.25) is 0 Å². The number of nitrogens with zero attached hydrogens (tertiary/aromatic N) is 2. The van der Waals surface area contributed by atoms with E-state index in [2.05, 4.69) is 110 Å². The van der Waals surface area contributed by atoms with Crippen molar-refractivity contribution in [2.75, 3.05) is 0 Å². The lowest BCUT2D eigenvalue weighted by atomic mass is 9.86. The SMILES string of the molecule is CC(C)[n+]1cc2ccc3c4ccc5c[n+](C(C)C)cc6ccc(c7ccc(c1)c2c37)c4c56. The van der Waals surface area contributed by atoms with Gasteiger partial charge in [-0.2, -0.15) is 0 Å². The Bertz CT molecular complexity index is 1570. The van der Waals surface area contributed by atoms with Crippen molar-refractivity contribution in [3.05, 3.63) is 73.3 Å². The summed E-state index contributed by atoms with van der Waals surface area (Å²) in [5.74, 6) is 0. The first-order chi connectivity index (χ1) is 15.5. The van der Waals surface area contributed by atoms with Crippen molar-refractivity contribution in [3.8, 4) is 0 Å². The van der Waals surface area contributed by atoms with Crippen LogP contribution in [0.15, 0.2) is 73.3 Å². The van der Waals surface area contributed by atoms with Gasteiger partial charge in [0, 0.05) is 32.3 Å². The summed E-state index contributed by atoms with van der Waals surface area (Å²) in [6.45, 7) is 8.97. The molecule has 0 aliphatic heterocycles. The van der Waals surface area contributed by atoms with Crippen LogP contribution in [-0.4, -0.2) is 0 Å². The number of hydrogen-bond acceptors (Lipinski definition) is 0. The van der Waals surface area contributed by atoms with E-state index in [1.807, 2.05) is 0 Å². The maximum atomic E-state index is 2.34. The Morgan fingerprint density at radius 1 is 0.406 bits per heavy atom. The molecule has 5 aromatic carbocycles. The maximum Gasteiger partial charge on any atom is 0.176 e. The number of fused-ring (bicyclic) bond motifs is 2. The summed E-state index contributed by atoms with van der Waals surface area (Å²) in [4.78, 5) is 0. The van der Waals surface area contributed by atoms with E-state index in [1.165, 1.54) is 64.6 Å². The fourth-order valence-corrected chi connectivity index (χ4v) is 5.74. The Labute approximate surface area is 187 Å². The lowest BCUT2D eigenvalue weighted by molar-refractivity contribution is -0.714. The minimum atomic E-state index is 0.445. The molecule has 2 heteroatoms. The normalized spacial score (nSPS) is 12.9. The highest BCUT2D eigenvalue weighted by Gasteiger charge is 2.21. The van der Waals surface area contributed by atoms with E-state index in [0.717, 1.165) is 0 Å². The maximum absolute atomic E-state index is 2.34. The number of benzene rings is 5. The lowest BCUT2D eigenvalue weighted by Gasteiger charge is -2.17. The monoisotopic (exact) mass is 414 g/mol. The first-order valence-electron chi connectivity index (χ1n) is 11.7. The van der Waals surface area contributed by atoms with Crippen LogP contribution in [0.25, 0.3) is 64.6 Å². The molecule has 154 valence electrons. The Morgan fingerprint density at radius 2 is 0.688 bits per heavy atom. The highest BCUT2D eigenvalue weighted by Crippen LogP contribution is 2.44. The molecular weight excluding hydrogens is 388 g/mol. The second-order valence-electron chi connectivity index (χ2n) is 9.91. The van der Waals surface area contributed by atoms with Crippen molar-refractivity contribution in [3.63, 3.8) is 0 Å². The van der Waals surface area contributed by atoms with E-state index >= 15 is 0 Å². The van der Waals surface area contributed by atoms with Gasteiger partial charge in [-0.25, -0.2) is 9.13 Å². The van der Waals surface area contributed by atoms with Crippen molar-refractivity contribution in [1.82, 2.24) is 0 Å². The quantitative estimate of drug-likeness (QED) is 0.160. The van der Waals surface area contributed by atoms with Gasteiger partial charge in [-0.05, 0) is 84.3 Å². The molecule has 7 aromatic rings. The number of hydrogen-bond donors (Lipinski definition) is 0. The molecule has 0 aliphatic rings. The molecule has 0 aliphatic carbocycles. The third-order valence-electron chi connectivity index (χ3n) is 7.38. The highest BCUT2D eigenvalue weighted by molar-refractivity contribution is 6.39. The number of aromatic nitrogens is 2. The van der Waals surface area contributed by atoms with Crippen LogP contribution in [0.1, 0.15) is 39.8 Å². The van der Waals surface area contributed by atoms with Crippen LogP contribution in [0.4, 0.5) is 0 Å². The van der Waals surface area contributed by atoms with Crippen molar-refractivity contribution in [2.45, 2.75) is 39.8 Å². The second kappa shape index (κ2) is 6.04. The van der Waals surface area contributed by atoms with E-state index in [-0.39, 0.29) is 0 Å². The Hall–Kier alpha value is -3.52. The molecule has 0 bridgehead atoms. The van der Waals surface area contributed by atoms with Crippen LogP contribution in [0.3, 0.4) is 0 Å². The molecule has 0 atom stereocenters. The third-order valence-corrected chi connectivity index (χ3v) is 7.38. The topological polar surface area (TPSA) is 7.76 Å². The molecule has 0 fully saturated rings. The van der Waals surface area contributed by atoms with Crippen molar-refractivity contribution in [2.24, 2.45) is 0 Å². The molecule has 32 heavy (non-hydrogen) atoms. The van der Waals surface area contributed by atoms with Crippen LogP contribution in [0, 0.1) is 0 Å². The van der Waals surface area contributed by atoms with Gasteiger partial charge in [0.1, 0.15) is 0 Å². The molecule has 7 rings (SSSR count). The zero-order valence-corrected chi connectivity index (χ0v) is 19.0. The molecule has 2 aromatic heterocycles. The molecule has 2 heterocycles. The van der Waals surface area contributed by atoms with E-state index in [4.69, 9.17) is 0 Å². The Balaban J connectivity index is 1.72. The lowest BCUT2D eigenvalue weighted by Crippen LogP contribution is -2.35. The van der Waals surface area contributed by atoms with Gasteiger partial charge >= 0.3 is 0 Å². The van der Waals surface area contributed by atoms with Gasteiger partial charge in [0.25, 0.3) is 0 Å². The first kappa shape index (κ1) is 18.1. The van der Waals surface area contributed by atoms with E-state index in [9.17, 15) is 0 Å². The smallest absolute Gasteiger partial charge is 0.176 e. The molecule has 0 unspecified atom stereocenters. The van der Waals surface area contributed by atoms with E-state index in [0.29, 0.717) is 12.1 Å². The zero-order valence-electron chi connectivity index (χ0n) is 19.0. The standard InChI is InChI=1S/C30H26N2/c1-17(2)31-13-19-5-9-23-25-11-7-21-15-32(18(3)4)16-22-8-12-26(30(25)28(21)22)24-10-6-20(14-31)27(19)29(23)24/h5-18H,1-4H3/q+2. The number of pyridine rings is 2. The van der Waals surface area contributed by atoms with E-state index < -0.39 is 0 Å². The molecule has 2 nitrogen and oxygen atoms in total. The third kappa shape index (κ3) is 2.20. The fourth-order valence-electron chi connectivity index (χ4n) is 5.74. The van der Waals surface area contributed by atoms with Crippen molar-refractivity contribution >= 4 is 64.6 Å². The van der Waals surface area contributed by atoms with Gasteiger partial charge in [-0.1, -0.05) is 24.3 Å². The molecule has 0 radical (unpaired) electrons. The molecule has 0 spiro atoms. The fraction of sp³-hybridized carbons (Fsp3) is 0.200. The van der Waals surface area contributed by atoms with E-state index in [1.54, 1.807) is 0 Å². The van der Waals surface area contributed by atoms with Crippen LogP contribution in [0.5, 0.6) is 0 Å². The second-order valence-corrected chi connectivity index (χ2v) is 9.91. The van der Waals surface area contributed by atoms with Crippen LogP contribution < -0.4 is 9.13 Å². The highest BCUT2D eigenvalue weighted by atomic mass is 15.0. The van der Waals surface area contributed by atoms with Gasteiger partial charge in [0.15, 0.2) is 36.9 Å². The Kier molecular flexibility index (Phi) is 3.41. The minimum absolute atomic E-state index is 0.445. The summed E-state index contributed by atoms with van der Waals surface area (Å²) in [7, 11) is 0.